The van der Waals surface area contributed by atoms with E-state index in [1.807, 2.05) is 44.4 Å². The Labute approximate surface area is 130 Å². The van der Waals surface area contributed by atoms with Crippen LogP contribution in [0.4, 0.5) is 11.5 Å². The number of nitrogens with zero attached hydrogens (tertiary/aromatic N) is 3. The van der Waals surface area contributed by atoms with E-state index >= 15 is 0 Å². The van der Waals surface area contributed by atoms with Gasteiger partial charge in [0.15, 0.2) is 0 Å². The van der Waals surface area contributed by atoms with Gasteiger partial charge in [0.25, 0.3) is 5.91 Å². The van der Waals surface area contributed by atoms with Gasteiger partial charge in [-0.25, -0.2) is 9.97 Å². The van der Waals surface area contributed by atoms with Crippen LogP contribution in [0, 0.1) is 0 Å². The molecule has 0 aliphatic rings. The highest BCUT2D eigenvalue weighted by atomic mass is 16.1. The summed E-state index contributed by atoms with van der Waals surface area (Å²) in [6, 6.07) is 9.27. The van der Waals surface area contributed by atoms with Crippen molar-refractivity contribution >= 4 is 17.4 Å². The molecule has 6 heteroatoms. The quantitative estimate of drug-likeness (QED) is 0.766. The molecule has 0 saturated heterocycles. The van der Waals surface area contributed by atoms with Gasteiger partial charge in [-0.2, -0.15) is 0 Å². The number of rotatable bonds is 7. The Morgan fingerprint density at radius 1 is 1.14 bits per heavy atom. The minimum absolute atomic E-state index is 0.266. The fraction of sp³-hybridized carbons (Fsp3) is 0.312. The predicted molar refractivity (Wildman–Crippen MR) is 88.1 cm³/mol. The fourth-order valence-electron chi connectivity index (χ4n) is 1.86. The molecule has 1 aromatic heterocycles. The maximum Gasteiger partial charge on any atom is 0.275 e. The van der Waals surface area contributed by atoms with E-state index in [0.29, 0.717) is 11.5 Å². The number of para-hydroxylation sites is 1. The fourth-order valence-corrected chi connectivity index (χ4v) is 1.86. The van der Waals surface area contributed by atoms with Gasteiger partial charge < -0.3 is 15.5 Å². The largest absolute Gasteiger partial charge is 0.369 e. The molecule has 2 aromatic rings. The maximum atomic E-state index is 12.0. The van der Waals surface area contributed by atoms with Crippen LogP contribution in [0.15, 0.2) is 42.7 Å². The molecule has 0 fully saturated rings. The van der Waals surface area contributed by atoms with E-state index in [4.69, 9.17) is 0 Å². The normalized spacial score (nSPS) is 10.5. The highest BCUT2D eigenvalue weighted by Gasteiger charge is 2.08. The van der Waals surface area contributed by atoms with Gasteiger partial charge >= 0.3 is 0 Å². The third-order valence-corrected chi connectivity index (χ3v) is 3.00. The van der Waals surface area contributed by atoms with Crippen LogP contribution in [0.5, 0.6) is 0 Å². The predicted octanol–water partition coefficient (Wildman–Crippen LogP) is 2.09. The summed E-state index contributed by atoms with van der Waals surface area (Å²) < 4.78 is 0. The van der Waals surface area contributed by atoms with Crippen LogP contribution in [0.2, 0.25) is 0 Å². The van der Waals surface area contributed by atoms with Gasteiger partial charge in [0.05, 0.1) is 12.4 Å². The van der Waals surface area contributed by atoms with Crippen LogP contribution in [0.3, 0.4) is 0 Å². The molecule has 0 aliphatic heterocycles. The van der Waals surface area contributed by atoms with E-state index in [2.05, 4.69) is 25.5 Å². The van der Waals surface area contributed by atoms with E-state index in [-0.39, 0.29) is 5.91 Å². The smallest absolute Gasteiger partial charge is 0.275 e. The lowest BCUT2D eigenvalue weighted by atomic mass is 10.3. The Morgan fingerprint density at radius 3 is 2.55 bits per heavy atom. The minimum atomic E-state index is -0.266. The third-order valence-electron chi connectivity index (χ3n) is 3.00. The number of amides is 1. The Bertz CT molecular complexity index is 583. The first-order chi connectivity index (χ1) is 10.6. The Kier molecular flexibility index (Phi) is 5.85. The lowest BCUT2D eigenvalue weighted by molar-refractivity contribution is 0.102. The van der Waals surface area contributed by atoms with E-state index in [9.17, 15) is 4.79 Å². The number of nitrogens with one attached hydrogen (secondary N) is 2. The van der Waals surface area contributed by atoms with Crippen molar-refractivity contribution in [1.29, 1.82) is 0 Å². The lowest BCUT2D eigenvalue weighted by Crippen LogP contribution is -2.17. The lowest BCUT2D eigenvalue weighted by Gasteiger charge is -2.10. The summed E-state index contributed by atoms with van der Waals surface area (Å²) in [4.78, 5) is 22.5. The van der Waals surface area contributed by atoms with Crippen LogP contribution in [-0.4, -0.2) is 48.0 Å². The minimum Gasteiger partial charge on any atom is -0.369 e. The number of carbonyl (C=O) groups excluding carboxylic acids is 1. The number of anilines is 2. The monoisotopic (exact) mass is 299 g/mol. The highest BCUT2D eigenvalue weighted by Crippen LogP contribution is 2.08. The number of hydrogen-bond donors (Lipinski definition) is 2. The molecule has 0 unspecified atom stereocenters. The molecule has 2 rings (SSSR count). The second kappa shape index (κ2) is 8.09. The molecule has 0 aliphatic carbocycles. The Hall–Kier alpha value is -2.47. The van der Waals surface area contributed by atoms with Crippen molar-refractivity contribution in [3.63, 3.8) is 0 Å². The second-order valence-corrected chi connectivity index (χ2v) is 5.19. The average Bonchev–Trinajstić information content (AvgIpc) is 2.53. The molecule has 1 amide bonds. The third kappa shape index (κ3) is 5.14. The van der Waals surface area contributed by atoms with Gasteiger partial charge in [-0.15, -0.1) is 0 Å². The molecule has 0 saturated carbocycles. The second-order valence-electron chi connectivity index (χ2n) is 5.19. The van der Waals surface area contributed by atoms with Gasteiger partial charge in [0, 0.05) is 12.2 Å². The van der Waals surface area contributed by atoms with Crippen LogP contribution in [0.25, 0.3) is 0 Å². The number of hydrogen-bond acceptors (Lipinski definition) is 5. The van der Waals surface area contributed by atoms with Gasteiger partial charge in [-0.05, 0) is 39.2 Å². The summed E-state index contributed by atoms with van der Waals surface area (Å²) in [6.07, 6.45) is 4.08. The topological polar surface area (TPSA) is 70.2 Å². The molecular weight excluding hydrogens is 278 g/mol. The summed E-state index contributed by atoms with van der Waals surface area (Å²) in [5.74, 6) is 0.410. The number of carbonyl (C=O) groups is 1. The average molecular weight is 299 g/mol. The van der Waals surface area contributed by atoms with Crippen LogP contribution < -0.4 is 10.6 Å². The highest BCUT2D eigenvalue weighted by molar-refractivity contribution is 6.02. The standard InChI is InChI=1S/C16H21N5O/c1-21(2)10-6-9-17-15-12-18-14(11-19-15)16(22)20-13-7-4-3-5-8-13/h3-5,7-8,11-12H,6,9-10H2,1-2H3,(H,17,19)(H,20,22). The van der Waals surface area contributed by atoms with Crippen molar-refractivity contribution in [2.24, 2.45) is 0 Å². The van der Waals surface area contributed by atoms with Crippen LogP contribution in [0.1, 0.15) is 16.9 Å². The van der Waals surface area contributed by atoms with E-state index in [0.717, 1.165) is 25.2 Å². The van der Waals surface area contributed by atoms with Crippen molar-refractivity contribution in [3.05, 3.63) is 48.4 Å². The molecule has 0 bridgehead atoms. The van der Waals surface area contributed by atoms with Crippen molar-refractivity contribution in [1.82, 2.24) is 14.9 Å². The zero-order valence-corrected chi connectivity index (χ0v) is 12.9. The van der Waals surface area contributed by atoms with Gasteiger partial charge in [0.2, 0.25) is 0 Å². The zero-order valence-electron chi connectivity index (χ0n) is 12.9. The molecule has 2 N–H and O–H groups in total. The van der Waals surface area contributed by atoms with Gasteiger partial charge in [0.1, 0.15) is 11.5 Å². The first-order valence-corrected chi connectivity index (χ1v) is 7.22. The molecule has 6 nitrogen and oxygen atoms in total. The molecule has 0 spiro atoms. The van der Waals surface area contributed by atoms with Crippen molar-refractivity contribution in [3.8, 4) is 0 Å². The number of benzene rings is 1. The zero-order chi connectivity index (χ0) is 15.8. The first kappa shape index (κ1) is 15.9. The molecule has 22 heavy (non-hydrogen) atoms. The Balaban J connectivity index is 1.84. The maximum absolute atomic E-state index is 12.0. The summed E-state index contributed by atoms with van der Waals surface area (Å²) >= 11 is 0. The molecule has 0 atom stereocenters. The molecule has 116 valence electrons. The van der Waals surface area contributed by atoms with Gasteiger partial charge in [-0.3, -0.25) is 4.79 Å². The summed E-state index contributed by atoms with van der Waals surface area (Å²) in [5.41, 5.74) is 1.03. The SMILES string of the molecule is CN(C)CCCNc1cnc(C(=O)Nc2ccccc2)cn1. The summed E-state index contributed by atoms with van der Waals surface area (Å²) in [6.45, 7) is 1.83. The Morgan fingerprint density at radius 2 is 1.91 bits per heavy atom. The van der Waals surface area contributed by atoms with E-state index in [1.165, 1.54) is 6.20 Å². The van der Waals surface area contributed by atoms with E-state index < -0.39 is 0 Å². The molecule has 0 radical (unpaired) electrons. The van der Waals surface area contributed by atoms with Crippen molar-refractivity contribution in [2.45, 2.75) is 6.42 Å². The van der Waals surface area contributed by atoms with Crippen LogP contribution in [-0.2, 0) is 0 Å². The molecular formula is C16H21N5O. The van der Waals surface area contributed by atoms with Crippen LogP contribution >= 0.6 is 0 Å². The van der Waals surface area contributed by atoms with Crippen molar-refractivity contribution in [2.75, 3.05) is 37.8 Å². The molecule has 1 aromatic carbocycles. The van der Waals surface area contributed by atoms with Gasteiger partial charge in [-0.1, -0.05) is 18.2 Å². The number of aromatic nitrogens is 2. The van der Waals surface area contributed by atoms with E-state index in [1.54, 1.807) is 6.20 Å². The summed E-state index contributed by atoms with van der Waals surface area (Å²) in [7, 11) is 4.08. The first-order valence-electron chi connectivity index (χ1n) is 7.22. The summed E-state index contributed by atoms with van der Waals surface area (Å²) in [5, 5.41) is 5.96. The van der Waals surface area contributed by atoms with Crippen molar-refractivity contribution < 1.29 is 4.79 Å². The molecule has 1 heterocycles.